The van der Waals surface area contributed by atoms with Crippen LogP contribution in [0.4, 0.5) is 5.69 Å². The highest BCUT2D eigenvalue weighted by Gasteiger charge is 2.34. The second kappa shape index (κ2) is 8.67. The van der Waals surface area contributed by atoms with Crippen molar-refractivity contribution in [1.82, 2.24) is 9.88 Å². The minimum absolute atomic E-state index is 0.119. The van der Waals surface area contributed by atoms with Crippen molar-refractivity contribution in [1.29, 1.82) is 0 Å². The van der Waals surface area contributed by atoms with Crippen LogP contribution in [0.5, 0.6) is 0 Å². The number of halogens is 1. The van der Waals surface area contributed by atoms with E-state index in [9.17, 15) is 8.42 Å². The number of hydrogen-bond acceptors (Lipinski definition) is 6. The van der Waals surface area contributed by atoms with E-state index in [4.69, 9.17) is 11.6 Å². The summed E-state index contributed by atoms with van der Waals surface area (Å²) in [6.07, 6.45) is 0.986. The number of hydrogen-bond donors (Lipinski definition) is 1. The van der Waals surface area contributed by atoms with E-state index < -0.39 is 9.84 Å². The van der Waals surface area contributed by atoms with Gasteiger partial charge in [-0.1, -0.05) is 41.9 Å². The van der Waals surface area contributed by atoms with Crippen LogP contribution in [0.1, 0.15) is 24.6 Å². The lowest BCUT2D eigenvalue weighted by atomic mass is 10.0. The standard InChI is InChI=1S/C22H24ClN3O2S2/c1-22(9-10-26(15-22)12-17-5-3-2-4-6-17)25-21-8-7-19(11-20(21)23)30(27,28)14-18-13-29-16-24-18/h2-8,11,13,16,25H,9-10,12,14-15H2,1H3/t22-/m1/s1. The molecule has 0 unspecified atom stereocenters. The van der Waals surface area contributed by atoms with Crippen LogP contribution in [-0.4, -0.2) is 36.9 Å². The van der Waals surface area contributed by atoms with Gasteiger partial charge in [0.05, 0.1) is 32.6 Å². The Morgan fingerprint density at radius 1 is 1.23 bits per heavy atom. The van der Waals surface area contributed by atoms with Gasteiger partial charge in [0.15, 0.2) is 9.84 Å². The molecule has 2 heterocycles. The molecular formula is C22H24ClN3O2S2. The van der Waals surface area contributed by atoms with Crippen LogP contribution in [0.25, 0.3) is 0 Å². The maximum absolute atomic E-state index is 12.7. The molecule has 30 heavy (non-hydrogen) atoms. The van der Waals surface area contributed by atoms with Gasteiger partial charge in [-0.3, -0.25) is 4.90 Å². The van der Waals surface area contributed by atoms with Gasteiger partial charge >= 0.3 is 0 Å². The van der Waals surface area contributed by atoms with Crippen LogP contribution in [0, 0.1) is 0 Å². The number of thiazole rings is 1. The lowest BCUT2D eigenvalue weighted by Crippen LogP contribution is -2.38. The third-order valence-corrected chi connectivity index (χ3v) is 7.95. The molecule has 5 nitrogen and oxygen atoms in total. The summed E-state index contributed by atoms with van der Waals surface area (Å²) >= 11 is 7.85. The van der Waals surface area contributed by atoms with Gasteiger partial charge in [-0.15, -0.1) is 11.3 Å². The summed E-state index contributed by atoms with van der Waals surface area (Å²) < 4.78 is 25.3. The minimum atomic E-state index is -3.48. The van der Waals surface area contributed by atoms with Gasteiger partial charge < -0.3 is 5.32 Å². The Kier molecular flexibility index (Phi) is 6.16. The van der Waals surface area contributed by atoms with E-state index in [1.165, 1.54) is 23.0 Å². The average Bonchev–Trinajstić information content (AvgIpc) is 3.34. The molecule has 0 bridgehead atoms. The topological polar surface area (TPSA) is 62.3 Å². The maximum Gasteiger partial charge on any atom is 0.184 e. The van der Waals surface area contributed by atoms with E-state index in [0.29, 0.717) is 10.7 Å². The molecule has 1 N–H and O–H groups in total. The Hall–Kier alpha value is -1.93. The fourth-order valence-electron chi connectivity index (χ4n) is 3.84. The fraction of sp³-hybridized carbons (Fsp3) is 0.318. The SMILES string of the molecule is C[C@@]1(Nc2ccc(S(=O)(=O)Cc3cscn3)cc2Cl)CCN(Cc2ccccc2)C1. The first-order valence-corrected chi connectivity index (χ1v) is 12.7. The van der Waals surface area contributed by atoms with Gasteiger partial charge in [0, 0.05) is 30.6 Å². The highest BCUT2D eigenvalue weighted by molar-refractivity contribution is 7.90. The predicted molar refractivity (Wildman–Crippen MR) is 123 cm³/mol. The summed E-state index contributed by atoms with van der Waals surface area (Å²) in [7, 11) is -3.48. The normalized spacial score (nSPS) is 19.8. The van der Waals surface area contributed by atoms with Gasteiger partial charge in [0.2, 0.25) is 0 Å². The molecule has 8 heteroatoms. The molecule has 0 saturated carbocycles. The summed E-state index contributed by atoms with van der Waals surface area (Å²) in [5.74, 6) is -0.119. The molecule has 0 amide bonds. The molecule has 0 radical (unpaired) electrons. The second-order valence-corrected chi connectivity index (χ2v) is 11.1. The monoisotopic (exact) mass is 461 g/mol. The molecule has 1 saturated heterocycles. The molecule has 1 aliphatic heterocycles. The van der Waals surface area contributed by atoms with E-state index in [-0.39, 0.29) is 16.2 Å². The van der Waals surface area contributed by atoms with Crippen molar-refractivity contribution in [2.24, 2.45) is 0 Å². The number of sulfone groups is 1. The predicted octanol–water partition coefficient (Wildman–Crippen LogP) is 4.85. The molecule has 1 aliphatic rings. The number of benzene rings is 2. The van der Waals surface area contributed by atoms with Crippen molar-refractivity contribution in [3.05, 3.63) is 75.7 Å². The van der Waals surface area contributed by atoms with Gasteiger partial charge in [-0.2, -0.15) is 0 Å². The zero-order chi connectivity index (χ0) is 21.2. The summed E-state index contributed by atoms with van der Waals surface area (Å²) in [5, 5.41) is 5.71. The first kappa shape index (κ1) is 21.3. The van der Waals surface area contributed by atoms with Crippen LogP contribution in [-0.2, 0) is 22.1 Å². The molecule has 3 aromatic rings. The molecule has 1 atom stereocenters. The fourth-order valence-corrected chi connectivity index (χ4v) is 6.08. The van der Waals surface area contributed by atoms with E-state index >= 15 is 0 Å². The smallest absolute Gasteiger partial charge is 0.184 e. The number of nitrogens with one attached hydrogen (secondary N) is 1. The lowest BCUT2D eigenvalue weighted by molar-refractivity contribution is 0.315. The van der Waals surface area contributed by atoms with Crippen molar-refractivity contribution < 1.29 is 8.42 Å². The summed E-state index contributed by atoms with van der Waals surface area (Å²) in [6, 6.07) is 15.4. The average molecular weight is 462 g/mol. The van der Waals surface area contributed by atoms with E-state index in [0.717, 1.165) is 31.7 Å². The van der Waals surface area contributed by atoms with Gasteiger partial charge in [-0.25, -0.2) is 13.4 Å². The van der Waals surface area contributed by atoms with Crippen molar-refractivity contribution in [2.75, 3.05) is 18.4 Å². The third kappa shape index (κ3) is 5.03. The van der Waals surface area contributed by atoms with Crippen LogP contribution in [0.15, 0.2) is 64.3 Å². The van der Waals surface area contributed by atoms with Crippen molar-refractivity contribution in [3.63, 3.8) is 0 Å². The van der Waals surface area contributed by atoms with E-state index in [1.807, 2.05) is 6.07 Å². The minimum Gasteiger partial charge on any atom is -0.377 e. The summed E-state index contributed by atoms with van der Waals surface area (Å²) in [5.41, 5.74) is 4.12. The lowest BCUT2D eigenvalue weighted by Gasteiger charge is -2.28. The molecule has 158 valence electrons. The number of rotatable bonds is 7. The quantitative estimate of drug-likeness (QED) is 0.545. The maximum atomic E-state index is 12.7. The largest absolute Gasteiger partial charge is 0.377 e. The number of anilines is 1. The molecule has 2 aromatic carbocycles. The van der Waals surface area contributed by atoms with Crippen LogP contribution >= 0.6 is 22.9 Å². The summed E-state index contributed by atoms with van der Waals surface area (Å²) in [6.45, 7) is 4.99. The Morgan fingerprint density at radius 3 is 2.73 bits per heavy atom. The van der Waals surface area contributed by atoms with Crippen LogP contribution < -0.4 is 5.32 Å². The zero-order valence-corrected chi connectivity index (χ0v) is 19.1. The number of aromatic nitrogens is 1. The molecule has 4 rings (SSSR count). The second-order valence-electron chi connectivity index (χ2n) is 8.01. The Bertz CT molecular complexity index is 1100. The molecule has 1 fully saturated rings. The molecule has 1 aromatic heterocycles. The molecule has 0 spiro atoms. The Balaban J connectivity index is 1.43. The van der Waals surface area contributed by atoms with Crippen LogP contribution in [0.3, 0.4) is 0 Å². The highest BCUT2D eigenvalue weighted by Crippen LogP contribution is 2.32. The van der Waals surface area contributed by atoms with Gasteiger partial charge in [0.25, 0.3) is 0 Å². The van der Waals surface area contributed by atoms with E-state index in [2.05, 4.69) is 46.4 Å². The van der Waals surface area contributed by atoms with Crippen molar-refractivity contribution in [2.45, 2.75) is 36.1 Å². The van der Waals surface area contributed by atoms with Crippen molar-refractivity contribution >= 4 is 38.5 Å². The summed E-state index contributed by atoms with van der Waals surface area (Å²) in [4.78, 5) is 6.71. The zero-order valence-electron chi connectivity index (χ0n) is 16.7. The van der Waals surface area contributed by atoms with Crippen LogP contribution in [0.2, 0.25) is 5.02 Å². The third-order valence-electron chi connectivity index (χ3n) is 5.36. The van der Waals surface area contributed by atoms with E-state index in [1.54, 1.807) is 23.0 Å². The Labute approximate surface area is 186 Å². The first-order valence-electron chi connectivity index (χ1n) is 9.77. The first-order chi connectivity index (χ1) is 14.3. The highest BCUT2D eigenvalue weighted by atomic mass is 35.5. The number of nitrogens with zero attached hydrogens (tertiary/aromatic N) is 2. The Morgan fingerprint density at radius 2 is 2.03 bits per heavy atom. The molecular weight excluding hydrogens is 438 g/mol. The molecule has 0 aliphatic carbocycles. The van der Waals surface area contributed by atoms with Gasteiger partial charge in [-0.05, 0) is 37.1 Å². The van der Waals surface area contributed by atoms with Crippen molar-refractivity contribution in [3.8, 4) is 0 Å². The van der Waals surface area contributed by atoms with Gasteiger partial charge in [0.1, 0.15) is 0 Å². The number of likely N-dealkylation sites (tertiary alicyclic amines) is 1.